The number of guanidine groups is 1. The van der Waals surface area contributed by atoms with Crippen molar-refractivity contribution in [1.82, 2.24) is 15.5 Å². The molecule has 2 aliphatic carbocycles. The zero-order valence-corrected chi connectivity index (χ0v) is 17.1. The molecule has 0 aromatic heterocycles. The van der Waals surface area contributed by atoms with Crippen molar-refractivity contribution in [1.29, 1.82) is 0 Å². The summed E-state index contributed by atoms with van der Waals surface area (Å²) in [6, 6.07) is 1.45. The van der Waals surface area contributed by atoms with Crippen LogP contribution >= 0.6 is 24.0 Å². The summed E-state index contributed by atoms with van der Waals surface area (Å²) in [6.07, 6.45) is 12.5. The second kappa shape index (κ2) is 10.1. The van der Waals surface area contributed by atoms with E-state index in [-0.39, 0.29) is 24.0 Å². The summed E-state index contributed by atoms with van der Waals surface area (Å²) in [5.74, 6) is 2.07. The summed E-state index contributed by atoms with van der Waals surface area (Å²) in [5, 5.41) is 7.09. The van der Waals surface area contributed by atoms with E-state index in [4.69, 9.17) is 4.99 Å². The molecule has 0 aromatic carbocycles. The van der Waals surface area contributed by atoms with Crippen LogP contribution < -0.4 is 10.6 Å². The topological polar surface area (TPSA) is 39.7 Å². The molecule has 0 bridgehead atoms. The quantitative estimate of drug-likeness (QED) is 0.279. The molecule has 2 saturated carbocycles. The van der Waals surface area contributed by atoms with Gasteiger partial charge in [-0.25, -0.2) is 0 Å². The van der Waals surface area contributed by atoms with Gasteiger partial charge >= 0.3 is 0 Å². The molecule has 3 rings (SSSR count). The van der Waals surface area contributed by atoms with Crippen LogP contribution in [0.2, 0.25) is 0 Å². The normalized spacial score (nSPS) is 26.3. The van der Waals surface area contributed by atoms with Crippen molar-refractivity contribution in [2.75, 3.05) is 26.2 Å². The first-order chi connectivity index (χ1) is 10.8. The average molecular weight is 434 g/mol. The number of hydrogen-bond acceptors (Lipinski definition) is 2. The minimum absolute atomic E-state index is 0. The number of nitrogens with zero attached hydrogens (tertiary/aromatic N) is 2. The lowest BCUT2D eigenvalue weighted by molar-refractivity contribution is 0.242. The van der Waals surface area contributed by atoms with Gasteiger partial charge in [-0.3, -0.25) is 9.89 Å². The minimum atomic E-state index is 0. The van der Waals surface area contributed by atoms with Gasteiger partial charge in [0.2, 0.25) is 0 Å². The van der Waals surface area contributed by atoms with Crippen LogP contribution in [0, 0.1) is 5.92 Å². The second-order valence-corrected chi connectivity index (χ2v) is 7.41. The maximum absolute atomic E-state index is 4.78. The van der Waals surface area contributed by atoms with Gasteiger partial charge in [-0.05, 0) is 44.9 Å². The van der Waals surface area contributed by atoms with E-state index in [0.29, 0.717) is 6.04 Å². The van der Waals surface area contributed by atoms with Gasteiger partial charge in [0, 0.05) is 38.3 Å². The summed E-state index contributed by atoms with van der Waals surface area (Å²) in [6.45, 7) is 6.56. The molecule has 0 aromatic rings. The molecule has 2 N–H and O–H groups in total. The second-order valence-electron chi connectivity index (χ2n) is 7.41. The van der Waals surface area contributed by atoms with Crippen molar-refractivity contribution in [2.45, 2.75) is 76.8 Å². The third-order valence-corrected chi connectivity index (χ3v) is 5.48. The highest BCUT2D eigenvalue weighted by Gasteiger charge is 2.30. The van der Waals surface area contributed by atoms with Crippen LogP contribution in [-0.2, 0) is 0 Å². The van der Waals surface area contributed by atoms with Gasteiger partial charge in [0.25, 0.3) is 0 Å². The lowest BCUT2D eigenvalue weighted by Gasteiger charge is -2.24. The zero-order valence-electron chi connectivity index (χ0n) is 14.7. The van der Waals surface area contributed by atoms with Crippen LogP contribution in [-0.4, -0.2) is 49.1 Å². The van der Waals surface area contributed by atoms with E-state index in [2.05, 4.69) is 22.5 Å². The molecule has 0 amide bonds. The van der Waals surface area contributed by atoms with Crippen LogP contribution in [0.15, 0.2) is 4.99 Å². The van der Waals surface area contributed by atoms with E-state index in [1.54, 1.807) is 0 Å². The molecule has 1 saturated heterocycles. The molecule has 3 aliphatic rings. The molecular formula is C18H35IN4. The van der Waals surface area contributed by atoms with Gasteiger partial charge in [0.05, 0.1) is 0 Å². The fourth-order valence-corrected chi connectivity index (χ4v) is 4.00. The Morgan fingerprint density at radius 3 is 2.61 bits per heavy atom. The molecular weight excluding hydrogens is 399 g/mol. The summed E-state index contributed by atoms with van der Waals surface area (Å²) in [4.78, 5) is 7.48. The van der Waals surface area contributed by atoms with E-state index in [1.165, 1.54) is 70.9 Å². The number of aliphatic imine (C=N–C) groups is 1. The first-order valence-corrected chi connectivity index (χ1v) is 9.64. The van der Waals surface area contributed by atoms with Crippen LogP contribution in [0.4, 0.5) is 0 Å². The number of rotatable bonds is 7. The van der Waals surface area contributed by atoms with Gasteiger partial charge in [-0.1, -0.05) is 25.7 Å². The Kier molecular flexibility index (Phi) is 8.44. The molecule has 1 atom stereocenters. The van der Waals surface area contributed by atoms with Crippen molar-refractivity contribution < 1.29 is 0 Å². The fraction of sp³-hybridized carbons (Fsp3) is 0.944. The molecule has 1 aliphatic heterocycles. The summed E-state index contributed by atoms with van der Waals surface area (Å²) >= 11 is 0. The third kappa shape index (κ3) is 6.40. The Hall–Kier alpha value is -0.0400. The van der Waals surface area contributed by atoms with Crippen molar-refractivity contribution in [2.24, 2.45) is 10.9 Å². The van der Waals surface area contributed by atoms with Gasteiger partial charge in [0.1, 0.15) is 0 Å². The Bertz CT molecular complexity index is 364. The monoisotopic (exact) mass is 434 g/mol. The third-order valence-electron chi connectivity index (χ3n) is 5.48. The van der Waals surface area contributed by atoms with E-state index >= 15 is 0 Å². The zero-order chi connectivity index (χ0) is 15.2. The molecule has 0 spiro atoms. The molecule has 134 valence electrons. The van der Waals surface area contributed by atoms with Crippen LogP contribution in [0.5, 0.6) is 0 Å². The average Bonchev–Trinajstić information content (AvgIpc) is 3.01. The Balaban J connectivity index is 0.00000192. The molecule has 3 fully saturated rings. The van der Waals surface area contributed by atoms with Gasteiger partial charge in [0.15, 0.2) is 5.96 Å². The van der Waals surface area contributed by atoms with Crippen molar-refractivity contribution in [3.63, 3.8) is 0 Å². The van der Waals surface area contributed by atoms with E-state index < -0.39 is 0 Å². The van der Waals surface area contributed by atoms with Crippen molar-refractivity contribution in [3.8, 4) is 0 Å². The standard InChI is InChI=1S/C18H34N4.HI/c1-2-19-18(20-12-5-6-15-9-10-15)21-16-11-13-22(14-16)17-7-3-4-8-17;/h15-17H,2-14H2,1H3,(H2,19,20,21);1H. The smallest absolute Gasteiger partial charge is 0.191 e. The van der Waals surface area contributed by atoms with E-state index in [1.807, 2.05) is 0 Å². The lowest BCUT2D eigenvalue weighted by Crippen LogP contribution is -2.45. The van der Waals surface area contributed by atoms with Crippen molar-refractivity contribution in [3.05, 3.63) is 0 Å². The molecule has 23 heavy (non-hydrogen) atoms. The number of hydrogen-bond donors (Lipinski definition) is 2. The highest BCUT2D eigenvalue weighted by molar-refractivity contribution is 14.0. The van der Waals surface area contributed by atoms with E-state index in [0.717, 1.165) is 31.0 Å². The Labute approximate surface area is 159 Å². The highest BCUT2D eigenvalue weighted by atomic mass is 127. The van der Waals surface area contributed by atoms with E-state index in [9.17, 15) is 0 Å². The maximum Gasteiger partial charge on any atom is 0.191 e. The number of likely N-dealkylation sites (tertiary alicyclic amines) is 1. The predicted octanol–water partition coefficient (Wildman–Crippen LogP) is 3.37. The minimum Gasteiger partial charge on any atom is -0.357 e. The summed E-state index contributed by atoms with van der Waals surface area (Å²) in [5.41, 5.74) is 0. The maximum atomic E-state index is 4.78. The first kappa shape index (κ1) is 19.3. The van der Waals surface area contributed by atoms with Gasteiger partial charge in [-0.15, -0.1) is 24.0 Å². The lowest BCUT2D eigenvalue weighted by atomic mass is 10.2. The van der Waals surface area contributed by atoms with Crippen molar-refractivity contribution >= 4 is 29.9 Å². The largest absolute Gasteiger partial charge is 0.357 e. The Morgan fingerprint density at radius 1 is 1.13 bits per heavy atom. The predicted molar refractivity (Wildman–Crippen MR) is 109 cm³/mol. The molecule has 0 radical (unpaired) electrons. The first-order valence-electron chi connectivity index (χ1n) is 9.64. The molecule has 1 heterocycles. The number of halogens is 1. The Morgan fingerprint density at radius 2 is 1.91 bits per heavy atom. The molecule has 5 heteroatoms. The van der Waals surface area contributed by atoms with Crippen LogP contribution in [0.3, 0.4) is 0 Å². The summed E-state index contributed by atoms with van der Waals surface area (Å²) < 4.78 is 0. The highest BCUT2D eigenvalue weighted by Crippen LogP contribution is 2.33. The molecule has 1 unspecified atom stereocenters. The number of nitrogens with one attached hydrogen (secondary N) is 2. The van der Waals surface area contributed by atoms with Gasteiger partial charge in [-0.2, -0.15) is 0 Å². The van der Waals surface area contributed by atoms with Crippen LogP contribution in [0.25, 0.3) is 0 Å². The van der Waals surface area contributed by atoms with Gasteiger partial charge < -0.3 is 10.6 Å². The molecule has 4 nitrogen and oxygen atoms in total. The van der Waals surface area contributed by atoms with Crippen LogP contribution in [0.1, 0.15) is 64.7 Å². The SMILES string of the molecule is CCNC(=NCCCC1CC1)NC1CCN(C2CCCC2)C1.I. The summed E-state index contributed by atoms with van der Waals surface area (Å²) in [7, 11) is 0. The fourth-order valence-electron chi connectivity index (χ4n) is 4.00.